The van der Waals surface area contributed by atoms with Crippen LogP contribution in [0.1, 0.15) is 35.2 Å². The third-order valence-electron chi connectivity index (χ3n) is 4.30. The van der Waals surface area contributed by atoms with Gasteiger partial charge in [0, 0.05) is 19.5 Å². The molecule has 1 aromatic carbocycles. The quantitative estimate of drug-likeness (QED) is 0.832. The molecule has 128 valence electrons. The first-order valence-corrected chi connectivity index (χ1v) is 7.79. The van der Waals surface area contributed by atoms with E-state index >= 15 is 0 Å². The molecule has 0 saturated carbocycles. The van der Waals surface area contributed by atoms with E-state index in [1.54, 1.807) is 12.1 Å². The normalized spacial score (nSPS) is 15.0. The summed E-state index contributed by atoms with van der Waals surface area (Å²) in [5.41, 5.74) is 7.25. The molecule has 2 N–H and O–H groups in total. The molecule has 5 nitrogen and oxygen atoms in total. The summed E-state index contributed by atoms with van der Waals surface area (Å²) >= 11 is 0. The zero-order chi connectivity index (χ0) is 15.9. The maximum Gasteiger partial charge on any atom is 0.337 e. The fourth-order valence-electron chi connectivity index (χ4n) is 2.75. The second-order valence-corrected chi connectivity index (χ2v) is 5.75. The van der Waals surface area contributed by atoms with E-state index in [1.165, 1.54) is 7.11 Å². The van der Waals surface area contributed by atoms with Crippen LogP contribution in [-0.2, 0) is 16.0 Å². The van der Waals surface area contributed by atoms with Gasteiger partial charge in [-0.3, -0.25) is 4.79 Å². The number of carbonyl (C=O) groups is 2. The molecule has 0 atom stereocenters. The molecule has 6 heteroatoms. The average Bonchev–Trinajstić information content (AvgIpc) is 2.59. The summed E-state index contributed by atoms with van der Waals surface area (Å²) in [6.07, 6.45) is 3.22. The Balaban J connectivity index is 0.00000264. The predicted octanol–water partition coefficient (Wildman–Crippen LogP) is 2.02. The second kappa shape index (κ2) is 9.53. The molecule has 23 heavy (non-hydrogen) atoms. The van der Waals surface area contributed by atoms with Gasteiger partial charge in [-0.25, -0.2) is 4.79 Å². The van der Waals surface area contributed by atoms with Crippen LogP contribution in [0.5, 0.6) is 0 Å². The Morgan fingerprint density at radius 1 is 1.22 bits per heavy atom. The Morgan fingerprint density at radius 2 is 1.83 bits per heavy atom. The van der Waals surface area contributed by atoms with Gasteiger partial charge in [0.05, 0.1) is 12.7 Å². The van der Waals surface area contributed by atoms with Crippen molar-refractivity contribution in [3.05, 3.63) is 35.4 Å². The first kappa shape index (κ1) is 19.5. The summed E-state index contributed by atoms with van der Waals surface area (Å²) in [6, 6.07) is 7.22. The van der Waals surface area contributed by atoms with E-state index in [0.717, 1.165) is 31.5 Å². The van der Waals surface area contributed by atoms with Crippen LogP contribution in [0.25, 0.3) is 0 Å². The lowest BCUT2D eigenvalue weighted by Gasteiger charge is -2.31. The lowest BCUT2D eigenvalue weighted by atomic mass is 9.96. The lowest BCUT2D eigenvalue weighted by Crippen LogP contribution is -2.40. The number of esters is 1. The summed E-state index contributed by atoms with van der Waals surface area (Å²) in [4.78, 5) is 25.5. The van der Waals surface area contributed by atoms with Crippen molar-refractivity contribution < 1.29 is 14.3 Å². The minimum absolute atomic E-state index is 0. The van der Waals surface area contributed by atoms with E-state index < -0.39 is 0 Å². The Labute approximate surface area is 143 Å². The standard InChI is InChI=1S/C17H24N2O3.ClH/c1-22-17(21)15-5-2-13(3-6-15)4-7-16(20)19-10-8-14(12-18)9-11-19;/h2-3,5-6,14H,4,7-12,18H2,1H3;1H. The van der Waals surface area contributed by atoms with Gasteiger partial charge in [-0.15, -0.1) is 12.4 Å². The molecule has 0 unspecified atom stereocenters. The maximum absolute atomic E-state index is 12.2. The number of methoxy groups -OCH3 is 1. The van der Waals surface area contributed by atoms with E-state index in [9.17, 15) is 9.59 Å². The van der Waals surface area contributed by atoms with Gasteiger partial charge in [0.15, 0.2) is 0 Å². The Kier molecular flexibility index (Phi) is 8.06. The zero-order valence-corrected chi connectivity index (χ0v) is 14.3. The molecule has 1 amide bonds. The molecule has 1 aliphatic heterocycles. The van der Waals surface area contributed by atoms with Gasteiger partial charge in [-0.1, -0.05) is 12.1 Å². The second-order valence-electron chi connectivity index (χ2n) is 5.75. The SMILES string of the molecule is COC(=O)c1ccc(CCC(=O)N2CCC(CN)CC2)cc1.Cl. The number of hydrogen-bond acceptors (Lipinski definition) is 4. The molecular formula is C17H25ClN2O3. The Hall–Kier alpha value is -1.59. The van der Waals surface area contributed by atoms with Crippen molar-refractivity contribution in [2.75, 3.05) is 26.7 Å². The Bertz CT molecular complexity index is 511. The van der Waals surface area contributed by atoms with Crippen LogP contribution in [0.3, 0.4) is 0 Å². The summed E-state index contributed by atoms with van der Waals surface area (Å²) in [5.74, 6) is 0.424. The smallest absolute Gasteiger partial charge is 0.337 e. The molecule has 0 bridgehead atoms. The molecule has 0 aliphatic carbocycles. The maximum atomic E-state index is 12.2. The van der Waals surface area contributed by atoms with Crippen molar-refractivity contribution in [1.29, 1.82) is 0 Å². The molecule has 2 rings (SSSR count). The lowest BCUT2D eigenvalue weighted by molar-refractivity contribution is -0.132. The highest BCUT2D eigenvalue weighted by molar-refractivity contribution is 5.89. The molecule has 0 radical (unpaired) electrons. The van der Waals surface area contributed by atoms with Gasteiger partial charge >= 0.3 is 5.97 Å². The van der Waals surface area contributed by atoms with Crippen molar-refractivity contribution in [1.82, 2.24) is 4.90 Å². The highest BCUT2D eigenvalue weighted by atomic mass is 35.5. The first-order chi connectivity index (χ1) is 10.6. The number of amides is 1. The number of nitrogens with zero attached hydrogens (tertiary/aromatic N) is 1. The third kappa shape index (κ3) is 5.52. The number of carbonyl (C=O) groups excluding carboxylic acids is 2. The molecule has 1 heterocycles. The molecule has 0 spiro atoms. The van der Waals surface area contributed by atoms with Crippen molar-refractivity contribution in [3.63, 3.8) is 0 Å². The van der Waals surface area contributed by atoms with Crippen molar-refractivity contribution in [2.24, 2.45) is 11.7 Å². The Morgan fingerprint density at radius 3 is 2.35 bits per heavy atom. The minimum Gasteiger partial charge on any atom is -0.465 e. The minimum atomic E-state index is -0.342. The summed E-state index contributed by atoms with van der Waals surface area (Å²) in [6.45, 7) is 2.36. The van der Waals surface area contributed by atoms with Crippen LogP contribution in [0.2, 0.25) is 0 Å². The number of aryl methyl sites for hydroxylation is 1. The topological polar surface area (TPSA) is 72.6 Å². The highest BCUT2D eigenvalue weighted by Crippen LogP contribution is 2.17. The molecule has 0 aromatic heterocycles. The van der Waals surface area contributed by atoms with E-state index in [4.69, 9.17) is 5.73 Å². The molecule has 1 fully saturated rings. The van der Waals surface area contributed by atoms with Crippen LogP contribution in [0.15, 0.2) is 24.3 Å². The first-order valence-electron chi connectivity index (χ1n) is 7.79. The number of nitrogens with two attached hydrogens (primary N) is 1. The number of piperidine rings is 1. The van der Waals surface area contributed by atoms with E-state index in [-0.39, 0.29) is 24.3 Å². The van der Waals surface area contributed by atoms with Crippen molar-refractivity contribution in [3.8, 4) is 0 Å². The predicted molar refractivity (Wildman–Crippen MR) is 91.7 cm³/mol. The van der Waals surface area contributed by atoms with Gasteiger partial charge in [-0.2, -0.15) is 0 Å². The van der Waals surface area contributed by atoms with Crippen LogP contribution in [-0.4, -0.2) is 43.5 Å². The van der Waals surface area contributed by atoms with Gasteiger partial charge in [0.2, 0.25) is 5.91 Å². The number of rotatable bonds is 5. The average molecular weight is 341 g/mol. The van der Waals surface area contributed by atoms with Gasteiger partial charge in [0.25, 0.3) is 0 Å². The van der Waals surface area contributed by atoms with Crippen LogP contribution >= 0.6 is 12.4 Å². The largest absolute Gasteiger partial charge is 0.465 e. The van der Waals surface area contributed by atoms with Crippen LogP contribution < -0.4 is 5.73 Å². The molecular weight excluding hydrogens is 316 g/mol. The molecule has 1 aromatic rings. The number of halogens is 1. The summed E-state index contributed by atoms with van der Waals surface area (Å²) in [5, 5.41) is 0. The van der Waals surface area contributed by atoms with E-state index in [0.29, 0.717) is 30.9 Å². The summed E-state index contributed by atoms with van der Waals surface area (Å²) < 4.78 is 4.66. The highest BCUT2D eigenvalue weighted by Gasteiger charge is 2.21. The number of hydrogen-bond donors (Lipinski definition) is 1. The van der Waals surface area contributed by atoms with Crippen molar-refractivity contribution in [2.45, 2.75) is 25.7 Å². The number of benzene rings is 1. The van der Waals surface area contributed by atoms with Gasteiger partial charge < -0.3 is 15.4 Å². The molecule has 1 saturated heterocycles. The van der Waals surface area contributed by atoms with Crippen LogP contribution in [0, 0.1) is 5.92 Å². The fraction of sp³-hybridized carbons (Fsp3) is 0.529. The van der Waals surface area contributed by atoms with Crippen molar-refractivity contribution >= 4 is 24.3 Å². The molecule has 1 aliphatic rings. The van der Waals surface area contributed by atoms with Gasteiger partial charge in [0.1, 0.15) is 0 Å². The van der Waals surface area contributed by atoms with E-state index in [2.05, 4.69) is 4.74 Å². The number of likely N-dealkylation sites (tertiary alicyclic amines) is 1. The number of ether oxygens (including phenoxy) is 1. The van der Waals surface area contributed by atoms with E-state index in [1.807, 2.05) is 17.0 Å². The zero-order valence-electron chi connectivity index (χ0n) is 13.5. The fourth-order valence-corrected chi connectivity index (χ4v) is 2.75. The third-order valence-corrected chi connectivity index (χ3v) is 4.30. The van der Waals surface area contributed by atoms with Gasteiger partial charge in [-0.05, 0) is 49.4 Å². The monoisotopic (exact) mass is 340 g/mol. The summed E-state index contributed by atoms with van der Waals surface area (Å²) in [7, 11) is 1.36. The van der Waals surface area contributed by atoms with Crippen LogP contribution in [0.4, 0.5) is 0 Å².